The van der Waals surface area contributed by atoms with E-state index in [0.29, 0.717) is 23.3 Å². The lowest BCUT2D eigenvalue weighted by Gasteiger charge is -2.18. The molecule has 4 aromatic carbocycles. The molecule has 4 aromatic rings. The summed E-state index contributed by atoms with van der Waals surface area (Å²) in [5.41, 5.74) is 2.17. The van der Waals surface area contributed by atoms with Gasteiger partial charge in [0.1, 0.15) is 11.5 Å². The van der Waals surface area contributed by atoms with Crippen LogP contribution in [0.25, 0.3) is 21.9 Å². The first-order valence-corrected chi connectivity index (χ1v) is 10.4. The van der Waals surface area contributed by atoms with Crippen LogP contribution in [0.3, 0.4) is 0 Å². The fourth-order valence-electron chi connectivity index (χ4n) is 3.96. The number of carbonyl (C=O) groups is 1. The van der Waals surface area contributed by atoms with E-state index in [1.807, 2.05) is 42.5 Å². The Labute approximate surface area is 189 Å². The highest BCUT2D eigenvalue weighted by Crippen LogP contribution is 2.39. The number of aromatic hydroxyl groups is 1. The molecule has 0 heterocycles. The number of phenols is 1. The van der Waals surface area contributed by atoms with Crippen LogP contribution in [0.5, 0.6) is 11.5 Å². The fourth-order valence-corrected chi connectivity index (χ4v) is 3.96. The molecule has 0 aromatic heterocycles. The number of aliphatic carboxylic acids is 1. The van der Waals surface area contributed by atoms with E-state index in [1.54, 1.807) is 18.2 Å². The summed E-state index contributed by atoms with van der Waals surface area (Å²) in [6, 6.07) is 22.7. The third-order valence-corrected chi connectivity index (χ3v) is 5.46. The van der Waals surface area contributed by atoms with Gasteiger partial charge in [-0.25, -0.2) is 13.6 Å². The highest BCUT2D eigenvalue weighted by molar-refractivity contribution is 5.86. The van der Waals surface area contributed by atoms with Crippen LogP contribution < -0.4 is 4.74 Å². The monoisotopic (exact) mass is 448 g/mol. The molecular weight excluding hydrogens is 426 g/mol. The third-order valence-electron chi connectivity index (χ3n) is 5.46. The number of fused-ring (bicyclic) bond motifs is 1. The molecule has 0 unspecified atom stereocenters. The lowest BCUT2D eigenvalue weighted by atomic mass is 9.92. The quantitative estimate of drug-likeness (QED) is 0.344. The Kier molecular flexibility index (Phi) is 6.01. The average molecular weight is 448 g/mol. The van der Waals surface area contributed by atoms with Gasteiger partial charge in [-0.2, -0.15) is 0 Å². The molecule has 2 N–H and O–H groups in total. The van der Waals surface area contributed by atoms with Crippen LogP contribution in [0.4, 0.5) is 8.78 Å². The standard InChI is InChI=1S/C27H22F2O4/c1-27(28,29)24-15-21(30)10-11-23(24)19-9-12-25(33-16-26(31)32)20(14-19)13-18-7-4-6-17-5-2-3-8-22(17)18/h2-12,14-15,30H,13,16H2,1H3,(H,31,32). The first-order valence-electron chi connectivity index (χ1n) is 10.4. The van der Waals surface area contributed by atoms with Crippen molar-refractivity contribution in [1.29, 1.82) is 0 Å². The Bertz CT molecular complexity index is 1320. The summed E-state index contributed by atoms with van der Waals surface area (Å²) >= 11 is 0. The van der Waals surface area contributed by atoms with Gasteiger partial charge in [0.15, 0.2) is 6.61 Å². The predicted molar refractivity (Wildman–Crippen MR) is 123 cm³/mol. The van der Waals surface area contributed by atoms with E-state index in [0.717, 1.165) is 29.3 Å². The van der Waals surface area contributed by atoms with Crippen molar-refractivity contribution in [2.75, 3.05) is 6.61 Å². The first kappa shape index (κ1) is 22.3. The summed E-state index contributed by atoms with van der Waals surface area (Å²) in [6.07, 6.45) is 0.417. The maximum Gasteiger partial charge on any atom is 0.341 e. The van der Waals surface area contributed by atoms with E-state index < -0.39 is 18.5 Å². The highest BCUT2D eigenvalue weighted by atomic mass is 19.3. The van der Waals surface area contributed by atoms with Crippen molar-refractivity contribution >= 4 is 16.7 Å². The molecule has 0 aliphatic rings. The zero-order valence-corrected chi connectivity index (χ0v) is 17.9. The predicted octanol–water partition coefficient (Wildman–Crippen LogP) is 6.38. The highest BCUT2D eigenvalue weighted by Gasteiger charge is 2.28. The van der Waals surface area contributed by atoms with Crippen LogP contribution in [0.15, 0.2) is 78.9 Å². The molecular formula is C27H22F2O4. The van der Waals surface area contributed by atoms with E-state index in [-0.39, 0.29) is 16.9 Å². The van der Waals surface area contributed by atoms with Gasteiger partial charge < -0.3 is 14.9 Å². The summed E-state index contributed by atoms with van der Waals surface area (Å²) < 4.78 is 34.1. The molecule has 168 valence electrons. The first-order chi connectivity index (χ1) is 15.7. The number of phenolic OH excluding ortho intramolecular Hbond substituents is 1. The van der Waals surface area contributed by atoms with Crippen molar-refractivity contribution in [3.05, 3.63) is 95.6 Å². The molecule has 0 saturated carbocycles. The number of ether oxygens (including phenoxy) is 1. The van der Waals surface area contributed by atoms with E-state index in [4.69, 9.17) is 9.84 Å². The Balaban J connectivity index is 1.83. The number of halogens is 2. The summed E-state index contributed by atoms with van der Waals surface area (Å²) in [6.45, 7) is 0.270. The molecule has 0 aliphatic carbocycles. The van der Waals surface area contributed by atoms with Crippen molar-refractivity contribution in [3.8, 4) is 22.6 Å². The van der Waals surface area contributed by atoms with Crippen molar-refractivity contribution in [1.82, 2.24) is 0 Å². The van der Waals surface area contributed by atoms with E-state index >= 15 is 0 Å². The van der Waals surface area contributed by atoms with Gasteiger partial charge in [-0.05, 0) is 57.3 Å². The number of hydrogen-bond donors (Lipinski definition) is 2. The van der Waals surface area contributed by atoms with Gasteiger partial charge in [0.25, 0.3) is 5.92 Å². The lowest BCUT2D eigenvalue weighted by Crippen LogP contribution is -2.11. The van der Waals surface area contributed by atoms with E-state index in [9.17, 15) is 18.7 Å². The molecule has 0 saturated heterocycles. The maximum atomic E-state index is 14.3. The van der Waals surface area contributed by atoms with Crippen molar-refractivity contribution in [3.63, 3.8) is 0 Å². The van der Waals surface area contributed by atoms with Crippen LogP contribution in [0.1, 0.15) is 23.6 Å². The summed E-state index contributed by atoms with van der Waals surface area (Å²) in [4.78, 5) is 11.1. The van der Waals surface area contributed by atoms with Crippen LogP contribution in [-0.2, 0) is 17.1 Å². The van der Waals surface area contributed by atoms with Crippen LogP contribution in [0, 0.1) is 0 Å². The molecule has 33 heavy (non-hydrogen) atoms. The van der Waals surface area contributed by atoms with Gasteiger partial charge in [-0.1, -0.05) is 54.6 Å². The smallest absolute Gasteiger partial charge is 0.341 e. The lowest BCUT2D eigenvalue weighted by molar-refractivity contribution is -0.139. The molecule has 0 fully saturated rings. The molecule has 4 nitrogen and oxygen atoms in total. The average Bonchev–Trinajstić information content (AvgIpc) is 2.78. The minimum atomic E-state index is -3.16. The molecule has 0 atom stereocenters. The van der Waals surface area contributed by atoms with Crippen LogP contribution in [0.2, 0.25) is 0 Å². The molecule has 0 spiro atoms. The molecule has 0 bridgehead atoms. The normalized spacial score (nSPS) is 11.5. The number of carboxylic acid groups (broad SMARTS) is 1. The molecule has 6 heteroatoms. The van der Waals surface area contributed by atoms with Crippen molar-refractivity contribution < 1.29 is 28.5 Å². The maximum absolute atomic E-state index is 14.3. The van der Waals surface area contributed by atoms with Gasteiger partial charge >= 0.3 is 5.97 Å². The number of alkyl halides is 2. The van der Waals surface area contributed by atoms with Crippen LogP contribution in [-0.4, -0.2) is 22.8 Å². The molecule has 0 radical (unpaired) electrons. The van der Waals surface area contributed by atoms with E-state index in [1.165, 1.54) is 12.1 Å². The van der Waals surface area contributed by atoms with Crippen LogP contribution >= 0.6 is 0 Å². The zero-order valence-electron chi connectivity index (χ0n) is 17.9. The summed E-state index contributed by atoms with van der Waals surface area (Å²) in [5, 5.41) is 20.9. The second-order valence-electron chi connectivity index (χ2n) is 7.94. The second kappa shape index (κ2) is 8.90. The van der Waals surface area contributed by atoms with E-state index in [2.05, 4.69) is 0 Å². The van der Waals surface area contributed by atoms with Gasteiger partial charge in [0, 0.05) is 18.9 Å². The van der Waals surface area contributed by atoms with Gasteiger partial charge in [0.2, 0.25) is 0 Å². The fraction of sp³-hybridized carbons (Fsp3) is 0.148. The Morgan fingerprint density at radius 2 is 1.70 bits per heavy atom. The SMILES string of the molecule is CC(F)(F)c1cc(O)ccc1-c1ccc(OCC(=O)O)c(Cc2cccc3ccccc23)c1. The third kappa shape index (κ3) is 4.95. The largest absolute Gasteiger partial charge is 0.508 e. The zero-order chi connectivity index (χ0) is 23.6. The van der Waals surface area contributed by atoms with Gasteiger partial charge in [-0.3, -0.25) is 0 Å². The number of hydrogen-bond acceptors (Lipinski definition) is 3. The molecule has 0 amide bonds. The van der Waals surface area contributed by atoms with Crippen molar-refractivity contribution in [2.24, 2.45) is 0 Å². The Hall–Kier alpha value is -3.93. The minimum Gasteiger partial charge on any atom is -0.508 e. The van der Waals surface area contributed by atoms with Gasteiger partial charge in [0.05, 0.1) is 0 Å². The Morgan fingerprint density at radius 1 is 0.939 bits per heavy atom. The number of carboxylic acids is 1. The summed E-state index contributed by atoms with van der Waals surface area (Å²) in [5.74, 6) is -4.14. The van der Waals surface area contributed by atoms with Crippen molar-refractivity contribution in [2.45, 2.75) is 19.3 Å². The molecule has 0 aliphatic heterocycles. The molecule has 4 rings (SSSR count). The summed E-state index contributed by atoms with van der Waals surface area (Å²) in [7, 11) is 0. The minimum absolute atomic E-state index is 0.243. The number of rotatable bonds is 7. The second-order valence-corrected chi connectivity index (χ2v) is 7.94. The Morgan fingerprint density at radius 3 is 2.45 bits per heavy atom. The number of benzene rings is 4. The topological polar surface area (TPSA) is 66.8 Å². The van der Waals surface area contributed by atoms with Gasteiger partial charge in [-0.15, -0.1) is 0 Å².